The van der Waals surface area contributed by atoms with E-state index in [1.54, 1.807) is 0 Å². The van der Waals surface area contributed by atoms with Crippen molar-refractivity contribution in [3.05, 3.63) is 35.4 Å². The number of halogens is 1. The van der Waals surface area contributed by atoms with Crippen LogP contribution in [0, 0.1) is 5.92 Å². The molecule has 2 rings (SSSR count). The summed E-state index contributed by atoms with van der Waals surface area (Å²) in [6.07, 6.45) is 2.27. The molecule has 0 N–H and O–H groups in total. The highest BCUT2D eigenvalue weighted by Crippen LogP contribution is 2.20. The number of benzene rings is 1. The highest BCUT2D eigenvalue weighted by molar-refractivity contribution is 14.1. The second-order valence-corrected chi connectivity index (χ2v) is 5.53. The van der Waals surface area contributed by atoms with Crippen LogP contribution in [0.5, 0.6) is 0 Å². The molecule has 1 aromatic rings. The van der Waals surface area contributed by atoms with Gasteiger partial charge in [-0.2, -0.15) is 0 Å². The smallest absolute Gasteiger partial charge is 0.254 e. The van der Waals surface area contributed by atoms with Crippen molar-refractivity contribution in [2.75, 3.05) is 13.1 Å². The summed E-state index contributed by atoms with van der Waals surface area (Å²) in [6, 6.07) is 7.96. The van der Waals surface area contributed by atoms with Crippen molar-refractivity contribution in [3.8, 4) is 0 Å². The Kier molecular flexibility index (Phi) is 4.42. The van der Waals surface area contributed by atoms with Crippen LogP contribution in [-0.4, -0.2) is 23.9 Å². The first-order valence-electron chi connectivity index (χ1n) is 6.15. The van der Waals surface area contributed by atoms with E-state index >= 15 is 0 Å². The molecule has 0 spiro atoms. The summed E-state index contributed by atoms with van der Waals surface area (Å²) in [5, 5.41) is 0. The van der Waals surface area contributed by atoms with E-state index in [1.807, 2.05) is 29.2 Å². The van der Waals surface area contributed by atoms with Crippen molar-refractivity contribution in [2.24, 2.45) is 5.92 Å². The number of hydrogen-bond donors (Lipinski definition) is 0. The number of amides is 1. The summed E-state index contributed by atoms with van der Waals surface area (Å²) in [5.41, 5.74) is 2.04. The van der Waals surface area contributed by atoms with Gasteiger partial charge >= 0.3 is 0 Å². The van der Waals surface area contributed by atoms with E-state index in [4.69, 9.17) is 0 Å². The average molecular weight is 343 g/mol. The van der Waals surface area contributed by atoms with Gasteiger partial charge < -0.3 is 4.90 Å². The van der Waals surface area contributed by atoms with Gasteiger partial charge in [0.15, 0.2) is 0 Å². The number of rotatable bonds is 2. The van der Waals surface area contributed by atoms with Gasteiger partial charge in [0.25, 0.3) is 5.91 Å². The third-order valence-corrected chi connectivity index (χ3v) is 4.28. The fourth-order valence-electron chi connectivity index (χ4n) is 2.23. The first-order chi connectivity index (χ1) is 8.22. The van der Waals surface area contributed by atoms with Crippen LogP contribution in [0.4, 0.5) is 0 Å². The SMILES string of the molecule is CC1CCN(C(=O)c2ccccc2CI)CC1. The van der Waals surface area contributed by atoms with Gasteiger partial charge in [0.1, 0.15) is 0 Å². The quantitative estimate of drug-likeness (QED) is 0.595. The predicted octanol–water partition coefficient (Wildman–Crippen LogP) is 3.49. The second kappa shape index (κ2) is 5.85. The lowest BCUT2D eigenvalue weighted by Gasteiger charge is -2.30. The van der Waals surface area contributed by atoms with E-state index < -0.39 is 0 Å². The van der Waals surface area contributed by atoms with Crippen LogP contribution in [0.1, 0.15) is 35.7 Å². The number of piperidine rings is 1. The van der Waals surface area contributed by atoms with Crippen LogP contribution in [0.15, 0.2) is 24.3 Å². The van der Waals surface area contributed by atoms with Crippen LogP contribution in [0.3, 0.4) is 0 Å². The number of likely N-dealkylation sites (tertiary alicyclic amines) is 1. The molecule has 1 heterocycles. The van der Waals surface area contributed by atoms with Gasteiger partial charge in [-0.05, 0) is 30.4 Å². The van der Waals surface area contributed by atoms with E-state index in [1.165, 1.54) is 0 Å². The molecule has 1 aromatic carbocycles. The Bertz CT molecular complexity index is 397. The molecular formula is C14H18INO. The van der Waals surface area contributed by atoms with Gasteiger partial charge in [-0.1, -0.05) is 47.7 Å². The fourth-order valence-corrected chi connectivity index (χ4v) is 2.89. The van der Waals surface area contributed by atoms with Gasteiger partial charge in [-0.3, -0.25) is 4.79 Å². The molecule has 1 saturated heterocycles. The van der Waals surface area contributed by atoms with E-state index in [9.17, 15) is 4.79 Å². The highest BCUT2D eigenvalue weighted by Gasteiger charge is 2.22. The molecule has 0 aromatic heterocycles. The maximum absolute atomic E-state index is 12.4. The van der Waals surface area contributed by atoms with Gasteiger partial charge in [0.2, 0.25) is 0 Å². The predicted molar refractivity (Wildman–Crippen MR) is 78.5 cm³/mol. The molecule has 17 heavy (non-hydrogen) atoms. The summed E-state index contributed by atoms with van der Waals surface area (Å²) in [7, 11) is 0. The Labute approximate surface area is 117 Å². The lowest BCUT2D eigenvalue weighted by atomic mass is 9.98. The zero-order valence-electron chi connectivity index (χ0n) is 10.2. The molecule has 0 bridgehead atoms. The van der Waals surface area contributed by atoms with Crippen molar-refractivity contribution < 1.29 is 4.79 Å². The zero-order chi connectivity index (χ0) is 12.3. The molecule has 3 heteroatoms. The molecular weight excluding hydrogens is 325 g/mol. The fraction of sp³-hybridized carbons (Fsp3) is 0.500. The van der Waals surface area contributed by atoms with Crippen molar-refractivity contribution in [2.45, 2.75) is 24.2 Å². The van der Waals surface area contributed by atoms with E-state index in [-0.39, 0.29) is 5.91 Å². The molecule has 0 aliphatic carbocycles. The van der Waals surface area contributed by atoms with Crippen molar-refractivity contribution in [1.82, 2.24) is 4.90 Å². The summed E-state index contributed by atoms with van der Waals surface area (Å²) < 4.78 is 0.893. The minimum atomic E-state index is 0.212. The van der Waals surface area contributed by atoms with Crippen LogP contribution in [0.2, 0.25) is 0 Å². The number of hydrogen-bond acceptors (Lipinski definition) is 1. The maximum Gasteiger partial charge on any atom is 0.254 e. The molecule has 0 atom stereocenters. The molecule has 0 radical (unpaired) electrons. The highest BCUT2D eigenvalue weighted by atomic mass is 127. The molecule has 1 fully saturated rings. The lowest BCUT2D eigenvalue weighted by molar-refractivity contribution is 0.0696. The maximum atomic E-state index is 12.4. The van der Waals surface area contributed by atoms with E-state index in [2.05, 4.69) is 29.5 Å². The number of nitrogens with zero attached hydrogens (tertiary/aromatic N) is 1. The molecule has 0 unspecified atom stereocenters. The average Bonchev–Trinajstić information content (AvgIpc) is 2.39. The molecule has 2 nitrogen and oxygen atoms in total. The van der Waals surface area contributed by atoms with Gasteiger partial charge in [-0.25, -0.2) is 0 Å². The Morgan fingerprint density at radius 1 is 1.35 bits per heavy atom. The second-order valence-electron chi connectivity index (χ2n) is 4.77. The number of alkyl halides is 1. The number of carbonyl (C=O) groups is 1. The molecule has 1 aliphatic rings. The first kappa shape index (κ1) is 12.9. The van der Waals surface area contributed by atoms with Crippen LogP contribution < -0.4 is 0 Å². The Morgan fingerprint density at radius 2 is 2.00 bits per heavy atom. The first-order valence-corrected chi connectivity index (χ1v) is 7.68. The van der Waals surface area contributed by atoms with Gasteiger partial charge in [0, 0.05) is 23.1 Å². The summed E-state index contributed by atoms with van der Waals surface area (Å²) in [4.78, 5) is 14.4. The summed E-state index contributed by atoms with van der Waals surface area (Å²) in [5.74, 6) is 0.975. The monoisotopic (exact) mass is 343 g/mol. The third kappa shape index (κ3) is 3.00. The Morgan fingerprint density at radius 3 is 2.65 bits per heavy atom. The largest absolute Gasteiger partial charge is 0.339 e. The minimum absolute atomic E-state index is 0.212. The molecule has 0 saturated carbocycles. The topological polar surface area (TPSA) is 20.3 Å². The minimum Gasteiger partial charge on any atom is -0.339 e. The van der Waals surface area contributed by atoms with Gasteiger partial charge in [-0.15, -0.1) is 0 Å². The summed E-state index contributed by atoms with van der Waals surface area (Å²) in [6.45, 7) is 4.09. The zero-order valence-corrected chi connectivity index (χ0v) is 12.3. The van der Waals surface area contributed by atoms with E-state index in [0.29, 0.717) is 0 Å². The van der Waals surface area contributed by atoms with Crippen molar-refractivity contribution in [1.29, 1.82) is 0 Å². The van der Waals surface area contributed by atoms with Crippen LogP contribution in [0.25, 0.3) is 0 Å². The standard InChI is InChI=1S/C14H18INO/c1-11-6-8-16(9-7-11)14(17)13-5-3-2-4-12(13)10-15/h2-5,11H,6-10H2,1H3. The lowest BCUT2D eigenvalue weighted by Crippen LogP contribution is -2.38. The normalized spacial score (nSPS) is 17.2. The van der Waals surface area contributed by atoms with E-state index in [0.717, 1.165) is 47.4 Å². The van der Waals surface area contributed by atoms with Crippen molar-refractivity contribution in [3.63, 3.8) is 0 Å². The molecule has 1 aliphatic heterocycles. The Balaban J connectivity index is 2.14. The summed E-state index contributed by atoms with van der Waals surface area (Å²) >= 11 is 2.32. The van der Waals surface area contributed by atoms with Gasteiger partial charge in [0.05, 0.1) is 0 Å². The van der Waals surface area contributed by atoms with Crippen molar-refractivity contribution >= 4 is 28.5 Å². The number of carbonyl (C=O) groups excluding carboxylic acids is 1. The van der Waals surface area contributed by atoms with Crippen LogP contribution in [-0.2, 0) is 4.43 Å². The molecule has 1 amide bonds. The molecule has 92 valence electrons. The van der Waals surface area contributed by atoms with Crippen LogP contribution >= 0.6 is 22.6 Å². The third-order valence-electron chi connectivity index (χ3n) is 3.46. The Hall–Kier alpha value is -0.580.